The van der Waals surface area contributed by atoms with Crippen molar-refractivity contribution in [2.45, 2.75) is 25.9 Å². The van der Waals surface area contributed by atoms with E-state index in [-0.39, 0.29) is 18.5 Å². The molecule has 3 aromatic rings. The van der Waals surface area contributed by atoms with Crippen LogP contribution in [0.2, 0.25) is 0 Å². The van der Waals surface area contributed by atoms with Crippen LogP contribution in [0.1, 0.15) is 18.2 Å². The Morgan fingerprint density at radius 3 is 3.00 bits per heavy atom. The molecule has 0 fully saturated rings. The topological polar surface area (TPSA) is 86.3 Å². The Kier molecular flexibility index (Phi) is 4.08. The van der Waals surface area contributed by atoms with Crippen molar-refractivity contribution in [2.24, 2.45) is 12.8 Å². The van der Waals surface area contributed by atoms with Gasteiger partial charge in [0.05, 0.1) is 18.8 Å². The molecule has 134 valence electrons. The maximum atomic E-state index is 12.0. The molecule has 1 amide bonds. The number of aromatic nitrogens is 3. The van der Waals surface area contributed by atoms with Gasteiger partial charge in [0.25, 0.3) is 0 Å². The van der Waals surface area contributed by atoms with Gasteiger partial charge in [0.1, 0.15) is 12.1 Å². The van der Waals surface area contributed by atoms with Crippen molar-refractivity contribution < 1.29 is 9.53 Å². The number of rotatable bonds is 3. The van der Waals surface area contributed by atoms with Crippen LogP contribution in [0.4, 0.5) is 0 Å². The van der Waals surface area contributed by atoms with Gasteiger partial charge in [-0.1, -0.05) is 0 Å². The zero-order chi connectivity index (χ0) is 18.3. The van der Waals surface area contributed by atoms with Gasteiger partial charge in [-0.15, -0.1) is 0 Å². The number of benzene rings is 1. The van der Waals surface area contributed by atoms with Gasteiger partial charge in [-0.2, -0.15) is 0 Å². The lowest BCUT2D eigenvalue weighted by atomic mass is 9.99. The molecule has 0 unspecified atom stereocenters. The third-order valence-electron chi connectivity index (χ3n) is 4.91. The van der Waals surface area contributed by atoms with Gasteiger partial charge < -0.3 is 19.9 Å². The normalized spacial score (nSPS) is 16.6. The SMILES string of the molecule is C[C@H]1Cc2c(ncnc2Oc2ccc3c(ccn3C)c2)CN1C(=O)CN. The van der Waals surface area contributed by atoms with E-state index in [4.69, 9.17) is 10.5 Å². The third kappa shape index (κ3) is 2.80. The second-order valence-electron chi connectivity index (χ2n) is 6.63. The lowest BCUT2D eigenvalue weighted by Crippen LogP contribution is -2.45. The van der Waals surface area contributed by atoms with E-state index in [1.807, 2.05) is 38.4 Å². The van der Waals surface area contributed by atoms with E-state index < -0.39 is 0 Å². The third-order valence-corrected chi connectivity index (χ3v) is 4.91. The second kappa shape index (κ2) is 6.42. The van der Waals surface area contributed by atoms with Crippen LogP contribution in [-0.2, 0) is 24.8 Å². The summed E-state index contributed by atoms with van der Waals surface area (Å²) in [6.07, 6.45) is 4.15. The highest BCUT2D eigenvalue weighted by Crippen LogP contribution is 2.32. The van der Waals surface area contributed by atoms with Crippen molar-refractivity contribution in [3.05, 3.63) is 48.0 Å². The van der Waals surface area contributed by atoms with E-state index in [1.165, 1.54) is 6.33 Å². The van der Waals surface area contributed by atoms with Crippen molar-refractivity contribution in [2.75, 3.05) is 6.54 Å². The van der Waals surface area contributed by atoms with Crippen molar-refractivity contribution in [3.8, 4) is 11.6 Å². The molecule has 1 atom stereocenters. The Balaban J connectivity index is 1.65. The molecule has 0 spiro atoms. The van der Waals surface area contributed by atoms with Crippen LogP contribution in [0.5, 0.6) is 11.6 Å². The van der Waals surface area contributed by atoms with Gasteiger partial charge in [0, 0.05) is 35.8 Å². The molecule has 0 aliphatic carbocycles. The molecule has 4 rings (SSSR count). The quantitative estimate of drug-likeness (QED) is 0.780. The molecule has 0 saturated carbocycles. The van der Waals surface area contributed by atoms with Crippen molar-refractivity contribution in [3.63, 3.8) is 0 Å². The predicted molar refractivity (Wildman–Crippen MR) is 97.8 cm³/mol. The maximum absolute atomic E-state index is 12.0. The summed E-state index contributed by atoms with van der Waals surface area (Å²) in [7, 11) is 2.01. The first kappa shape index (κ1) is 16.5. The Labute approximate surface area is 151 Å². The van der Waals surface area contributed by atoms with Crippen LogP contribution in [0.25, 0.3) is 10.9 Å². The number of ether oxygens (including phenoxy) is 1. The molecule has 1 aliphatic rings. The molecule has 0 bridgehead atoms. The van der Waals surface area contributed by atoms with Crippen LogP contribution in [0, 0.1) is 0 Å². The van der Waals surface area contributed by atoms with Crippen LogP contribution >= 0.6 is 0 Å². The smallest absolute Gasteiger partial charge is 0.236 e. The van der Waals surface area contributed by atoms with Gasteiger partial charge in [0.2, 0.25) is 11.8 Å². The number of aryl methyl sites for hydroxylation is 1. The van der Waals surface area contributed by atoms with E-state index in [9.17, 15) is 4.79 Å². The van der Waals surface area contributed by atoms with Crippen molar-refractivity contribution >= 4 is 16.8 Å². The molecule has 26 heavy (non-hydrogen) atoms. The van der Waals surface area contributed by atoms with E-state index in [2.05, 4.69) is 20.6 Å². The standard InChI is InChI=1S/C19H21N5O2/c1-12-7-15-16(10-24(12)18(25)9-20)21-11-22-19(15)26-14-3-4-17-13(8-14)5-6-23(17)2/h3-6,8,11-12H,7,9-10,20H2,1-2H3/t12-/m0/s1. The molecule has 3 heterocycles. The summed E-state index contributed by atoms with van der Waals surface area (Å²) < 4.78 is 8.14. The number of carbonyl (C=O) groups excluding carboxylic acids is 1. The maximum Gasteiger partial charge on any atom is 0.236 e. The minimum atomic E-state index is -0.0706. The average molecular weight is 351 g/mol. The van der Waals surface area contributed by atoms with Gasteiger partial charge in [-0.05, 0) is 37.6 Å². The number of hydrogen-bond acceptors (Lipinski definition) is 5. The molecule has 0 saturated heterocycles. The summed E-state index contributed by atoms with van der Waals surface area (Å²) in [4.78, 5) is 22.5. The Bertz CT molecular complexity index is 981. The summed E-state index contributed by atoms with van der Waals surface area (Å²) in [5.41, 5.74) is 8.43. The fourth-order valence-corrected chi connectivity index (χ4v) is 3.47. The number of amides is 1. The first-order valence-corrected chi connectivity index (χ1v) is 8.62. The molecule has 1 aromatic carbocycles. The lowest BCUT2D eigenvalue weighted by Gasteiger charge is -2.34. The Morgan fingerprint density at radius 2 is 2.19 bits per heavy atom. The first-order valence-electron chi connectivity index (χ1n) is 8.62. The van der Waals surface area contributed by atoms with E-state index in [1.54, 1.807) is 4.90 Å². The Morgan fingerprint density at radius 1 is 1.35 bits per heavy atom. The van der Waals surface area contributed by atoms with Crippen LogP contribution in [0.3, 0.4) is 0 Å². The summed E-state index contributed by atoms with van der Waals surface area (Å²) in [5.74, 6) is 1.22. The Hall–Kier alpha value is -2.93. The molecule has 7 heteroatoms. The average Bonchev–Trinajstić information content (AvgIpc) is 3.01. The summed E-state index contributed by atoms with van der Waals surface area (Å²) in [6.45, 7) is 2.44. The highest BCUT2D eigenvalue weighted by Gasteiger charge is 2.29. The number of nitrogens with two attached hydrogens (primary N) is 1. The molecule has 2 N–H and O–H groups in total. The largest absolute Gasteiger partial charge is 0.439 e. The minimum Gasteiger partial charge on any atom is -0.439 e. The molecule has 0 radical (unpaired) electrons. The van der Waals surface area contributed by atoms with Crippen molar-refractivity contribution in [1.29, 1.82) is 0 Å². The van der Waals surface area contributed by atoms with E-state index >= 15 is 0 Å². The van der Waals surface area contributed by atoms with Crippen LogP contribution in [0.15, 0.2) is 36.8 Å². The number of fused-ring (bicyclic) bond motifs is 2. The van der Waals surface area contributed by atoms with Crippen LogP contribution in [-0.4, -0.2) is 37.9 Å². The zero-order valence-electron chi connectivity index (χ0n) is 14.8. The molecule has 7 nitrogen and oxygen atoms in total. The fraction of sp³-hybridized carbons (Fsp3) is 0.316. The first-order chi connectivity index (χ1) is 12.6. The summed E-state index contributed by atoms with van der Waals surface area (Å²) >= 11 is 0. The number of nitrogens with zero attached hydrogens (tertiary/aromatic N) is 4. The van der Waals surface area contributed by atoms with Gasteiger partial charge in [-0.3, -0.25) is 4.79 Å². The predicted octanol–water partition coefficient (Wildman–Crippen LogP) is 1.99. The molecular weight excluding hydrogens is 330 g/mol. The highest BCUT2D eigenvalue weighted by atomic mass is 16.5. The van der Waals surface area contributed by atoms with Crippen molar-refractivity contribution in [1.82, 2.24) is 19.4 Å². The fourth-order valence-electron chi connectivity index (χ4n) is 3.47. The second-order valence-corrected chi connectivity index (χ2v) is 6.63. The number of carbonyl (C=O) groups is 1. The molecular formula is C19H21N5O2. The van der Waals surface area contributed by atoms with Gasteiger partial charge in [0.15, 0.2) is 0 Å². The summed E-state index contributed by atoms with van der Waals surface area (Å²) in [5, 5.41) is 1.11. The molecule has 2 aromatic heterocycles. The lowest BCUT2D eigenvalue weighted by molar-refractivity contribution is -0.132. The van der Waals surface area contributed by atoms with Crippen LogP contribution < -0.4 is 10.5 Å². The molecule has 1 aliphatic heterocycles. The summed E-state index contributed by atoms with van der Waals surface area (Å²) in [6, 6.07) is 8.05. The van der Waals surface area contributed by atoms with Gasteiger partial charge >= 0.3 is 0 Å². The highest BCUT2D eigenvalue weighted by molar-refractivity contribution is 5.81. The monoisotopic (exact) mass is 351 g/mol. The van der Waals surface area contributed by atoms with E-state index in [0.717, 1.165) is 27.9 Å². The van der Waals surface area contributed by atoms with E-state index in [0.29, 0.717) is 18.8 Å². The zero-order valence-corrected chi connectivity index (χ0v) is 14.8. The number of hydrogen-bond donors (Lipinski definition) is 1. The van der Waals surface area contributed by atoms with Gasteiger partial charge in [-0.25, -0.2) is 9.97 Å². The minimum absolute atomic E-state index is 0.00516.